The summed E-state index contributed by atoms with van der Waals surface area (Å²) in [7, 11) is 0. The molecule has 0 saturated carbocycles. The van der Waals surface area contributed by atoms with Crippen LogP contribution in [0.4, 0.5) is 5.69 Å². The van der Waals surface area contributed by atoms with Crippen molar-refractivity contribution >= 4 is 53.5 Å². The van der Waals surface area contributed by atoms with Crippen LogP contribution in [0.15, 0.2) is 48.4 Å². The molecule has 0 fully saturated rings. The Morgan fingerprint density at radius 3 is 2.50 bits per heavy atom. The Balaban J connectivity index is 2.08. The topological polar surface area (TPSA) is 25.2 Å². The summed E-state index contributed by atoms with van der Waals surface area (Å²) in [5, 5.41) is 3.29. The van der Waals surface area contributed by atoms with E-state index in [9.17, 15) is 0 Å². The van der Waals surface area contributed by atoms with Crippen molar-refractivity contribution in [2.75, 3.05) is 5.32 Å². The van der Waals surface area contributed by atoms with Crippen LogP contribution in [0.1, 0.15) is 5.76 Å². The Labute approximate surface area is 119 Å². The summed E-state index contributed by atoms with van der Waals surface area (Å²) in [5.41, 5.74) is 1.03. The van der Waals surface area contributed by atoms with Gasteiger partial charge in [0.15, 0.2) is 0 Å². The van der Waals surface area contributed by atoms with Crippen LogP contribution in [-0.4, -0.2) is 0 Å². The van der Waals surface area contributed by atoms with Crippen molar-refractivity contribution in [3.63, 3.8) is 0 Å². The Hall–Kier alpha value is -0.260. The van der Waals surface area contributed by atoms with Crippen molar-refractivity contribution in [1.29, 1.82) is 0 Å². The van der Waals surface area contributed by atoms with Crippen molar-refractivity contribution in [2.24, 2.45) is 0 Å². The summed E-state index contributed by atoms with van der Waals surface area (Å²) in [5.74, 6) is 0.884. The fourth-order valence-electron chi connectivity index (χ4n) is 1.26. The molecular weight excluding hydrogens is 402 g/mol. The Morgan fingerprint density at radius 2 is 1.88 bits per heavy atom. The number of benzene rings is 1. The Kier molecular flexibility index (Phi) is 4.10. The molecule has 16 heavy (non-hydrogen) atoms. The van der Waals surface area contributed by atoms with E-state index >= 15 is 0 Å². The molecule has 84 valence electrons. The molecule has 2 nitrogen and oxygen atoms in total. The van der Waals surface area contributed by atoms with Gasteiger partial charge in [-0.25, -0.2) is 0 Å². The second-order valence-corrected chi connectivity index (χ2v) is 5.79. The van der Waals surface area contributed by atoms with Crippen LogP contribution < -0.4 is 5.32 Å². The number of hydrogen-bond acceptors (Lipinski definition) is 2. The van der Waals surface area contributed by atoms with Crippen molar-refractivity contribution in [1.82, 2.24) is 0 Å². The van der Waals surface area contributed by atoms with Crippen LogP contribution in [0.25, 0.3) is 0 Å². The predicted octanol–water partition coefficient (Wildman–Crippen LogP) is 5.18. The van der Waals surface area contributed by atoms with Gasteiger partial charge in [0.05, 0.1) is 17.3 Å². The molecule has 1 heterocycles. The lowest BCUT2D eigenvalue weighted by molar-refractivity contribution is 0.516. The number of anilines is 1. The van der Waals surface area contributed by atoms with Crippen LogP contribution in [0, 0.1) is 0 Å². The average Bonchev–Trinajstić information content (AvgIpc) is 2.63. The van der Waals surface area contributed by atoms with E-state index < -0.39 is 0 Å². The van der Waals surface area contributed by atoms with Crippen molar-refractivity contribution in [3.8, 4) is 0 Å². The number of rotatable bonds is 3. The summed E-state index contributed by atoms with van der Waals surface area (Å²) in [6.45, 7) is 0.647. The number of furan rings is 1. The predicted molar refractivity (Wildman–Crippen MR) is 75.6 cm³/mol. The van der Waals surface area contributed by atoms with Gasteiger partial charge >= 0.3 is 0 Å². The molecule has 0 atom stereocenters. The highest BCUT2D eigenvalue weighted by atomic mass is 79.9. The van der Waals surface area contributed by atoms with Crippen LogP contribution in [0.3, 0.4) is 0 Å². The fraction of sp³-hybridized carbons (Fsp3) is 0.0909. The second kappa shape index (κ2) is 5.38. The number of halogens is 3. The van der Waals surface area contributed by atoms with Crippen LogP contribution in [-0.2, 0) is 6.54 Å². The minimum atomic E-state index is 0.647. The first-order valence-corrected chi connectivity index (χ1v) is 6.95. The van der Waals surface area contributed by atoms with E-state index in [2.05, 4.69) is 53.1 Å². The molecule has 0 amide bonds. The van der Waals surface area contributed by atoms with Gasteiger partial charge in [0.2, 0.25) is 0 Å². The monoisotopic (exact) mass is 407 g/mol. The third-order valence-corrected chi connectivity index (χ3v) is 3.92. The third kappa shape index (κ3) is 2.90. The van der Waals surface area contributed by atoms with Crippen molar-refractivity contribution < 1.29 is 4.42 Å². The lowest BCUT2D eigenvalue weighted by atomic mass is 10.3. The van der Waals surface area contributed by atoms with Gasteiger partial charge < -0.3 is 9.73 Å². The Bertz CT molecular complexity index is 496. The van der Waals surface area contributed by atoms with Crippen molar-refractivity contribution in [2.45, 2.75) is 6.54 Å². The highest BCUT2D eigenvalue weighted by Crippen LogP contribution is 2.27. The van der Waals surface area contributed by atoms with Gasteiger partial charge in [0.25, 0.3) is 0 Å². The third-order valence-electron chi connectivity index (χ3n) is 2.06. The van der Waals surface area contributed by atoms with E-state index in [1.807, 2.05) is 24.3 Å². The average molecular weight is 410 g/mol. The molecule has 0 spiro atoms. The molecule has 0 unspecified atom stereocenters. The molecule has 0 aliphatic carbocycles. The molecule has 1 N–H and O–H groups in total. The molecule has 5 heteroatoms. The highest BCUT2D eigenvalue weighted by molar-refractivity contribution is 9.11. The summed E-state index contributed by atoms with van der Waals surface area (Å²) >= 11 is 10.3. The minimum Gasteiger partial charge on any atom is -0.466 e. The zero-order valence-electron chi connectivity index (χ0n) is 8.14. The van der Waals surface area contributed by atoms with Gasteiger partial charge in [-0.05, 0) is 56.1 Å². The summed E-state index contributed by atoms with van der Waals surface area (Å²) < 4.78 is 8.36. The zero-order chi connectivity index (χ0) is 11.5. The van der Waals surface area contributed by atoms with Crippen LogP contribution in [0.5, 0.6) is 0 Å². The molecule has 2 rings (SSSR count). The first-order chi connectivity index (χ1) is 7.66. The van der Waals surface area contributed by atoms with Crippen LogP contribution >= 0.6 is 47.8 Å². The SMILES string of the molecule is Brc1ccc(NCc2occc2Br)c(Br)c1. The molecular formula is C11H8Br3NO. The number of nitrogens with one attached hydrogen (secondary N) is 1. The largest absolute Gasteiger partial charge is 0.466 e. The van der Waals surface area contributed by atoms with E-state index in [0.717, 1.165) is 24.9 Å². The zero-order valence-corrected chi connectivity index (χ0v) is 12.9. The summed E-state index contributed by atoms with van der Waals surface area (Å²) in [4.78, 5) is 0. The second-order valence-electron chi connectivity index (χ2n) is 3.17. The van der Waals surface area contributed by atoms with Gasteiger partial charge in [-0.3, -0.25) is 0 Å². The molecule has 1 aromatic carbocycles. The van der Waals surface area contributed by atoms with Gasteiger partial charge in [0, 0.05) is 14.6 Å². The molecule has 0 aliphatic rings. The van der Waals surface area contributed by atoms with Gasteiger partial charge in [-0.15, -0.1) is 0 Å². The van der Waals surface area contributed by atoms with E-state index in [4.69, 9.17) is 4.42 Å². The van der Waals surface area contributed by atoms with Gasteiger partial charge in [-0.2, -0.15) is 0 Å². The standard InChI is InChI=1S/C11H8Br3NO/c12-7-1-2-10(9(14)5-7)15-6-11-8(13)3-4-16-11/h1-5,15H,6H2. The molecule has 0 aliphatic heterocycles. The fourth-order valence-corrected chi connectivity index (χ4v) is 2.79. The summed E-state index contributed by atoms with van der Waals surface area (Å²) in [6, 6.07) is 7.88. The highest BCUT2D eigenvalue weighted by Gasteiger charge is 2.04. The minimum absolute atomic E-state index is 0.647. The van der Waals surface area contributed by atoms with Crippen molar-refractivity contribution in [3.05, 3.63) is 49.7 Å². The molecule has 0 bridgehead atoms. The smallest absolute Gasteiger partial charge is 0.136 e. The molecule has 2 aromatic rings. The molecule has 0 saturated heterocycles. The maximum absolute atomic E-state index is 5.32. The van der Waals surface area contributed by atoms with Gasteiger partial charge in [-0.1, -0.05) is 15.9 Å². The van der Waals surface area contributed by atoms with E-state index in [1.165, 1.54) is 0 Å². The summed E-state index contributed by atoms with van der Waals surface area (Å²) in [6.07, 6.45) is 1.66. The Morgan fingerprint density at radius 1 is 1.06 bits per heavy atom. The molecule has 0 radical (unpaired) electrons. The molecule has 1 aromatic heterocycles. The van der Waals surface area contributed by atoms with Crippen LogP contribution in [0.2, 0.25) is 0 Å². The lowest BCUT2D eigenvalue weighted by Gasteiger charge is -2.07. The van der Waals surface area contributed by atoms with E-state index in [1.54, 1.807) is 6.26 Å². The van der Waals surface area contributed by atoms with E-state index in [0.29, 0.717) is 6.54 Å². The maximum atomic E-state index is 5.32. The first-order valence-electron chi connectivity index (χ1n) is 4.57. The normalized spacial score (nSPS) is 10.4. The number of hydrogen-bond donors (Lipinski definition) is 1. The quantitative estimate of drug-likeness (QED) is 0.755. The van der Waals surface area contributed by atoms with Gasteiger partial charge in [0.1, 0.15) is 5.76 Å². The van der Waals surface area contributed by atoms with E-state index in [-0.39, 0.29) is 0 Å². The lowest BCUT2D eigenvalue weighted by Crippen LogP contribution is -1.99. The first kappa shape index (κ1) is 12.2. The maximum Gasteiger partial charge on any atom is 0.136 e.